The highest BCUT2D eigenvalue weighted by molar-refractivity contribution is 7.92. The smallest absolute Gasteiger partial charge is 0.261 e. The minimum absolute atomic E-state index is 0.106. The third kappa shape index (κ3) is 4.88. The minimum atomic E-state index is -3.85. The number of carbonyl (C=O) groups is 1. The first-order chi connectivity index (χ1) is 13.8. The van der Waals surface area contributed by atoms with Crippen molar-refractivity contribution in [3.63, 3.8) is 0 Å². The lowest BCUT2D eigenvalue weighted by Gasteiger charge is -2.14. The molecule has 0 unspecified atom stereocenters. The van der Waals surface area contributed by atoms with Gasteiger partial charge in [0.1, 0.15) is 5.75 Å². The molecule has 0 saturated heterocycles. The van der Waals surface area contributed by atoms with Gasteiger partial charge in [0.05, 0.1) is 28.9 Å². The van der Waals surface area contributed by atoms with Gasteiger partial charge in [-0.3, -0.25) is 9.52 Å². The summed E-state index contributed by atoms with van der Waals surface area (Å²) in [5.41, 5.74) is 1.64. The number of benzene rings is 3. The van der Waals surface area contributed by atoms with Crippen molar-refractivity contribution < 1.29 is 17.9 Å². The van der Waals surface area contributed by atoms with Crippen LogP contribution in [0.5, 0.6) is 5.75 Å². The molecule has 3 rings (SSSR count). The number of hydrogen-bond donors (Lipinski definition) is 2. The zero-order chi connectivity index (χ0) is 21.0. The van der Waals surface area contributed by atoms with Crippen LogP contribution < -0.4 is 14.8 Å². The molecular weight excluding hydrogens is 412 g/mol. The molecule has 150 valence electrons. The van der Waals surface area contributed by atoms with Crippen LogP contribution in [0, 0.1) is 6.92 Å². The van der Waals surface area contributed by atoms with Crippen molar-refractivity contribution in [1.82, 2.24) is 0 Å². The van der Waals surface area contributed by atoms with E-state index in [1.165, 1.54) is 31.4 Å². The highest BCUT2D eigenvalue weighted by Gasteiger charge is 2.19. The highest BCUT2D eigenvalue weighted by atomic mass is 35.5. The summed E-state index contributed by atoms with van der Waals surface area (Å²) in [4.78, 5) is 12.9. The Morgan fingerprint density at radius 1 is 0.966 bits per heavy atom. The molecule has 0 saturated carbocycles. The van der Waals surface area contributed by atoms with Gasteiger partial charge < -0.3 is 10.1 Å². The molecule has 0 heterocycles. The van der Waals surface area contributed by atoms with Gasteiger partial charge in [-0.05, 0) is 49.4 Å². The average molecular weight is 431 g/mol. The van der Waals surface area contributed by atoms with Crippen molar-refractivity contribution in [2.75, 3.05) is 17.1 Å². The van der Waals surface area contributed by atoms with Crippen LogP contribution in [0.4, 0.5) is 11.4 Å². The first-order valence-corrected chi connectivity index (χ1v) is 10.5. The summed E-state index contributed by atoms with van der Waals surface area (Å²) >= 11 is 6.00. The first kappa shape index (κ1) is 20.7. The standard InChI is InChI=1S/C21H19ClN2O4S/c1-14-7-10-16(11-8-14)29(26,27)24-18-6-4-3-5-17(18)21(25)23-19-13-15(22)9-12-20(19)28-2/h3-13,24H,1-2H3,(H,23,25). The van der Waals surface area contributed by atoms with E-state index in [9.17, 15) is 13.2 Å². The fourth-order valence-electron chi connectivity index (χ4n) is 2.66. The number of para-hydroxylation sites is 1. The molecule has 6 nitrogen and oxygen atoms in total. The Labute approximate surface area is 174 Å². The predicted octanol–water partition coefficient (Wildman–Crippen LogP) is 4.71. The maximum absolute atomic E-state index is 12.8. The molecule has 0 bridgehead atoms. The van der Waals surface area contributed by atoms with Gasteiger partial charge in [0.25, 0.3) is 15.9 Å². The molecule has 3 aromatic rings. The molecule has 8 heteroatoms. The van der Waals surface area contributed by atoms with Crippen LogP contribution in [-0.4, -0.2) is 21.4 Å². The van der Waals surface area contributed by atoms with Crippen molar-refractivity contribution in [3.05, 3.63) is 82.9 Å². The van der Waals surface area contributed by atoms with Gasteiger partial charge in [-0.2, -0.15) is 0 Å². The summed E-state index contributed by atoms with van der Waals surface area (Å²) in [6, 6.07) is 17.6. The summed E-state index contributed by atoms with van der Waals surface area (Å²) in [5.74, 6) is -0.0757. The number of rotatable bonds is 6. The second kappa shape index (κ2) is 8.55. The van der Waals surface area contributed by atoms with Crippen molar-refractivity contribution in [3.8, 4) is 5.75 Å². The summed E-state index contributed by atoms with van der Waals surface area (Å²) in [6.07, 6.45) is 0. The molecule has 0 aliphatic heterocycles. The summed E-state index contributed by atoms with van der Waals surface area (Å²) in [6.45, 7) is 1.87. The molecule has 0 radical (unpaired) electrons. The number of amides is 1. The van der Waals surface area contributed by atoms with Crippen LogP contribution >= 0.6 is 11.6 Å². The fraction of sp³-hybridized carbons (Fsp3) is 0.0952. The Hall–Kier alpha value is -3.03. The van der Waals surface area contributed by atoms with E-state index in [2.05, 4.69) is 10.0 Å². The van der Waals surface area contributed by atoms with Gasteiger partial charge in [0.15, 0.2) is 0 Å². The molecule has 3 aromatic carbocycles. The van der Waals surface area contributed by atoms with E-state index < -0.39 is 15.9 Å². The largest absolute Gasteiger partial charge is 0.495 e. The third-order valence-corrected chi connectivity index (χ3v) is 5.77. The molecule has 29 heavy (non-hydrogen) atoms. The number of sulfonamides is 1. The summed E-state index contributed by atoms with van der Waals surface area (Å²) in [5, 5.41) is 3.13. The number of carbonyl (C=O) groups excluding carboxylic acids is 1. The topological polar surface area (TPSA) is 84.5 Å². The Morgan fingerprint density at radius 3 is 2.34 bits per heavy atom. The van der Waals surface area contributed by atoms with Gasteiger partial charge in [0, 0.05) is 5.02 Å². The zero-order valence-electron chi connectivity index (χ0n) is 15.8. The predicted molar refractivity (Wildman–Crippen MR) is 114 cm³/mol. The van der Waals surface area contributed by atoms with E-state index in [1.54, 1.807) is 42.5 Å². The van der Waals surface area contributed by atoms with Gasteiger partial charge >= 0.3 is 0 Å². The second-order valence-electron chi connectivity index (χ2n) is 6.26. The van der Waals surface area contributed by atoms with Gasteiger partial charge in [0.2, 0.25) is 0 Å². The normalized spacial score (nSPS) is 11.0. The first-order valence-electron chi connectivity index (χ1n) is 8.63. The molecule has 0 aliphatic rings. The lowest BCUT2D eigenvalue weighted by molar-refractivity contribution is 0.102. The quantitative estimate of drug-likeness (QED) is 0.593. The molecular formula is C21H19ClN2O4S. The van der Waals surface area contributed by atoms with E-state index in [0.717, 1.165) is 5.56 Å². The fourth-order valence-corrected chi connectivity index (χ4v) is 3.91. The lowest BCUT2D eigenvalue weighted by atomic mass is 10.1. The third-order valence-electron chi connectivity index (χ3n) is 4.16. The van der Waals surface area contributed by atoms with Crippen molar-refractivity contribution in [2.24, 2.45) is 0 Å². The lowest BCUT2D eigenvalue weighted by Crippen LogP contribution is -2.19. The SMILES string of the molecule is COc1ccc(Cl)cc1NC(=O)c1ccccc1NS(=O)(=O)c1ccc(C)cc1. The number of aryl methyl sites for hydroxylation is 1. The monoisotopic (exact) mass is 430 g/mol. The number of halogens is 1. The highest BCUT2D eigenvalue weighted by Crippen LogP contribution is 2.29. The zero-order valence-corrected chi connectivity index (χ0v) is 17.3. The molecule has 0 aromatic heterocycles. The summed E-state index contributed by atoms with van der Waals surface area (Å²) < 4.78 is 33.1. The molecule has 0 fully saturated rings. The van der Waals surface area contributed by atoms with E-state index >= 15 is 0 Å². The Bertz CT molecular complexity index is 1150. The van der Waals surface area contributed by atoms with Crippen molar-refractivity contribution >= 4 is 38.9 Å². The molecule has 0 atom stereocenters. The number of hydrogen-bond acceptors (Lipinski definition) is 4. The summed E-state index contributed by atoms with van der Waals surface area (Å²) in [7, 11) is -2.38. The van der Waals surface area contributed by atoms with Crippen LogP contribution in [0.2, 0.25) is 5.02 Å². The van der Waals surface area contributed by atoms with Gasteiger partial charge in [-0.25, -0.2) is 8.42 Å². The second-order valence-corrected chi connectivity index (χ2v) is 8.38. The van der Waals surface area contributed by atoms with Crippen LogP contribution in [0.15, 0.2) is 71.6 Å². The van der Waals surface area contributed by atoms with Gasteiger partial charge in [-0.15, -0.1) is 0 Å². The van der Waals surface area contributed by atoms with Gasteiger partial charge in [-0.1, -0.05) is 41.4 Å². The molecule has 0 aliphatic carbocycles. The van der Waals surface area contributed by atoms with E-state index in [1.807, 2.05) is 6.92 Å². The van der Waals surface area contributed by atoms with Crippen LogP contribution in [-0.2, 0) is 10.0 Å². The average Bonchev–Trinajstić information content (AvgIpc) is 2.68. The van der Waals surface area contributed by atoms with Crippen LogP contribution in [0.25, 0.3) is 0 Å². The van der Waals surface area contributed by atoms with Crippen molar-refractivity contribution in [2.45, 2.75) is 11.8 Å². The van der Waals surface area contributed by atoms with E-state index in [0.29, 0.717) is 16.5 Å². The Kier molecular flexibility index (Phi) is 6.10. The number of methoxy groups -OCH3 is 1. The van der Waals surface area contributed by atoms with E-state index in [4.69, 9.17) is 16.3 Å². The molecule has 0 spiro atoms. The number of anilines is 2. The maximum Gasteiger partial charge on any atom is 0.261 e. The molecule has 2 N–H and O–H groups in total. The van der Waals surface area contributed by atoms with E-state index in [-0.39, 0.29) is 16.1 Å². The van der Waals surface area contributed by atoms with Crippen LogP contribution in [0.1, 0.15) is 15.9 Å². The molecule has 1 amide bonds. The number of nitrogens with one attached hydrogen (secondary N) is 2. The van der Waals surface area contributed by atoms with Crippen LogP contribution in [0.3, 0.4) is 0 Å². The Morgan fingerprint density at radius 2 is 1.66 bits per heavy atom. The van der Waals surface area contributed by atoms with Crippen molar-refractivity contribution in [1.29, 1.82) is 0 Å². The Balaban J connectivity index is 1.90. The minimum Gasteiger partial charge on any atom is -0.495 e. The number of ether oxygens (including phenoxy) is 1. The maximum atomic E-state index is 12.8.